The first-order valence-corrected chi connectivity index (χ1v) is 10.8. The molecule has 0 spiro atoms. The Morgan fingerprint density at radius 3 is 2.74 bits per heavy atom. The van der Waals surface area contributed by atoms with Crippen LogP contribution in [0.2, 0.25) is 0 Å². The van der Waals surface area contributed by atoms with Crippen molar-refractivity contribution in [2.45, 2.75) is 37.1 Å². The van der Waals surface area contributed by atoms with Gasteiger partial charge in [-0.1, -0.05) is 0 Å². The topological polar surface area (TPSA) is 101 Å². The van der Waals surface area contributed by atoms with Crippen LogP contribution in [0.15, 0.2) is 18.2 Å². The van der Waals surface area contributed by atoms with E-state index in [2.05, 4.69) is 5.32 Å². The van der Waals surface area contributed by atoms with E-state index in [1.807, 2.05) is 42.1 Å². The van der Waals surface area contributed by atoms with Gasteiger partial charge in [-0.2, -0.15) is 0 Å². The summed E-state index contributed by atoms with van der Waals surface area (Å²) in [5.74, 6) is 0.693. The van der Waals surface area contributed by atoms with Crippen LogP contribution in [0.3, 0.4) is 0 Å². The number of benzene rings is 1. The fraction of sp³-hybridized carbons (Fsp3) is 0.636. The average molecular weight is 434 g/mol. The molecular formula is C22H31N3O6. The number of nitrogens with one attached hydrogen (secondary N) is 1. The number of amides is 2. The molecule has 9 nitrogen and oxygen atoms in total. The van der Waals surface area contributed by atoms with E-state index in [0.717, 1.165) is 11.3 Å². The predicted molar refractivity (Wildman–Crippen MR) is 113 cm³/mol. The van der Waals surface area contributed by atoms with E-state index in [-0.39, 0.29) is 43.0 Å². The Balaban J connectivity index is 1.47. The summed E-state index contributed by atoms with van der Waals surface area (Å²) in [6.07, 6.45) is -0.202. The van der Waals surface area contributed by atoms with Gasteiger partial charge in [-0.15, -0.1) is 0 Å². The van der Waals surface area contributed by atoms with Gasteiger partial charge in [-0.05, 0) is 38.7 Å². The van der Waals surface area contributed by atoms with Gasteiger partial charge in [0.2, 0.25) is 11.8 Å². The molecule has 0 aliphatic carbocycles. The minimum atomic E-state index is -0.500. The highest BCUT2D eigenvalue weighted by Crippen LogP contribution is 2.47. The summed E-state index contributed by atoms with van der Waals surface area (Å²) in [5, 5.41) is 12.8. The van der Waals surface area contributed by atoms with Gasteiger partial charge >= 0.3 is 0 Å². The molecule has 3 aliphatic heterocycles. The van der Waals surface area contributed by atoms with E-state index in [9.17, 15) is 14.7 Å². The van der Waals surface area contributed by atoms with E-state index < -0.39 is 6.10 Å². The molecule has 2 fully saturated rings. The Bertz CT molecular complexity index is 810. The molecule has 0 bridgehead atoms. The third kappa shape index (κ3) is 5.01. The Morgan fingerprint density at radius 1 is 1.26 bits per heavy atom. The third-order valence-electron chi connectivity index (χ3n) is 6.01. The number of hydrogen-bond donors (Lipinski definition) is 2. The second kappa shape index (κ2) is 9.52. The van der Waals surface area contributed by atoms with Gasteiger partial charge in [0.1, 0.15) is 18.0 Å². The van der Waals surface area contributed by atoms with Gasteiger partial charge < -0.3 is 34.4 Å². The molecule has 2 saturated heterocycles. The van der Waals surface area contributed by atoms with Crippen LogP contribution in [0.5, 0.6) is 5.75 Å². The number of ether oxygens (including phenoxy) is 3. The molecule has 0 radical (unpaired) electrons. The van der Waals surface area contributed by atoms with Crippen molar-refractivity contribution in [3.05, 3.63) is 23.8 Å². The normalized spacial score (nSPS) is 27.4. The Kier molecular flexibility index (Phi) is 6.76. The van der Waals surface area contributed by atoms with Crippen molar-refractivity contribution in [2.75, 3.05) is 58.9 Å². The van der Waals surface area contributed by atoms with Crippen LogP contribution >= 0.6 is 0 Å². The molecule has 0 saturated carbocycles. The minimum absolute atomic E-state index is 0.00547. The number of anilines is 1. The highest BCUT2D eigenvalue weighted by atomic mass is 16.6. The van der Waals surface area contributed by atoms with Crippen molar-refractivity contribution in [1.29, 1.82) is 0 Å². The molecule has 1 aromatic carbocycles. The number of morpholine rings is 1. The number of likely N-dealkylation sites (N-methyl/N-ethyl adjacent to an activating group) is 1. The van der Waals surface area contributed by atoms with Gasteiger partial charge in [0.15, 0.2) is 0 Å². The number of carbonyl (C=O) groups is 2. The van der Waals surface area contributed by atoms with Gasteiger partial charge in [0.25, 0.3) is 0 Å². The van der Waals surface area contributed by atoms with Gasteiger partial charge in [-0.25, -0.2) is 0 Å². The molecule has 3 heterocycles. The Morgan fingerprint density at radius 2 is 2.03 bits per heavy atom. The number of aliphatic hydroxyl groups is 1. The van der Waals surface area contributed by atoms with Crippen LogP contribution in [-0.2, 0) is 19.1 Å². The summed E-state index contributed by atoms with van der Waals surface area (Å²) in [5.41, 5.74) is 1.70. The lowest BCUT2D eigenvalue weighted by Crippen LogP contribution is -2.48. The summed E-state index contributed by atoms with van der Waals surface area (Å²) < 4.78 is 17.5. The molecule has 0 unspecified atom stereocenters. The first-order valence-electron chi connectivity index (χ1n) is 10.8. The second-order valence-corrected chi connectivity index (χ2v) is 8.64. The number of fused-ring (bicyclic) bond motifs is 3. The highest BCUT2D eigenvalue weighted by molar-refractivity contribution is 5.92. The molecule has 4 rings (SSSR count). The molecule has 2 N–H and O–H groups in total. The zero-order chi connectivity index (χ0) is 22.0. The SMILES string of the molecule is CN(C)CC(=O)Nc1ccc2c(c1)[C@@H]1C[C@H](CC(=O)N3CCOCC3)O[C@H](CO)[C@@H]1O2. The minimum Gasteiger partial charge on any atom is -0.487 e. The van der Waals surface area contributed by atoms with Crippen molar-refractivity contribution >= 4 is 17.5 Å². The van der Waals surface area contributed by atoms with E-state index in [1.54, 1.807) is 0 Å². The Labute approximate surface area is 182 Å². The number of carbonyl (C=O) groups excluding carboxylic acids is 2. The van der Waals surface area contributed by atoms with Crippen LogP contribution in [0.25, 0.3) is 0 Å². The van der Waals surface area contributed by atoms with Gasteiger partial charge in [0.05, 0.1) is 38.9 Å². The number of nitrogens with zero attached hydrogens (tertiary/aromatic N) is 2. The third-order valence-corrected chi connectivity index (χ3v) is 6.01. The second-order valence-electron chi connectivity index (χ2n) is 8.64. The maximum absolute atomic E-state index is 12.7. The first kappa shape index (κ1) is 22.0. The smallest absolute Gasteiger partial charge is 0.238 e. The lowest BCUT2D eigenvalue weighted by molar-refractivity contribution is -0.151. The maximum atomic E-state index is 12.7. The molecule has 3 aliphatic rings. The lowest BCUT2D eigenvalue weighted by Gasteiger charge is -2.38. The zero-order valence-electron chi connectivity index (χ0n) is 18.1. The van der Waals surface area contributed by atoms with Crippen LogP contribution < -0.4 is 10.1 Å². The van der Waals surface area contributed by atoms with E-state index in [0.29, 0.717) is 45.0 Å². The maximum Gasteiger partial charge on any atom is 0.238 e. The summed E-state index contributed by atoms with van der Waals surface area (Å²) >= 11 is 0. The van der Waals surface area contributed by atoms with Crippen molar-refractivity contribution in [1.82, 2.24) is 9.80 Å². The quantitative estimate of drug-likeness (QED) is 0.671. The fourth-order valence-corrected chi connectivity index (χ4v) is 4.59. The van der Waals surface area contributed by atoms with Crippen LogP contribution in [-0.4, -0.2) is 98.6 Å². The van der Waals surface area contributed by atoms with Crippen molar-refractivity contribution in [3.8, 4) is 5.75 Å². The highest BCUT2D eigenvalue weighted by Gasteiger charge is 2.46. The molecule has 170 valence electrons. The van der Waals surface area contributed by atoms with E-state index >= 15 is 0 Å². The number of hydrogen-bond acceptors (Lipinski definition) is 7. The molecule has 9 heteroatoms. The summed E-state index contributed by atoms with van der Waals surface area (Å²) in [6, 6.07) is 5.60. The lowest BCUT2D eigenvalue weighted by atomic mass is 9.84. The molecule has 2 amide bonds. The van der Waals surface area contributed by atoms with Crippen LogP contribution in [0.1, 0.15) is 24.3 Å². The summed E-state index contributed by atoms with van der Waals surface area (Å²) in [4.78, 5) is 28.5. The average Bonchev–Trinajstić information content (AvgIpc) is 3.11. The van der Waals surface area contributed by atoms with Crippen molar-refractivity contribution < 1.29 is 28.9 Å². The largest absolute Gasteiger partial charge is 0.487 e. The molecule has 0 aromatic heterocycles. The van der Waals surface area contributed by atoms with Crippen molar-refractivity contribution in [2.24, 2.45) is 0 Å². The number of rotatable bonds is 6. The molecule has 1 aromatic rings. The van der Waals surface area contributed by atoms with Gasteiger partial charge in [-0.3, -0.25) is 9.59 Å². The monoisotopic (exact) mass is 433 g/mol. The van der Waals surface area contributed by atoms with Crippen LogP contribution in [0.4, 0.5) is 5.69 Å². The first-order chi connectivity index (χ1) is 14.9. The predicted octanol–water partition coefficient (Wildman–Crippen LogP) is 0.430. The fourth-order valence-electron chi connectivity index (χ4n) is 4.59. The number of aliphatic hydroxyl groups excluding tert-OH is 1. The summed E-state index contributed by atoms with van der Waals surface area (Å²) in [6.45, 7) is 2.44. The molecule has 4 atom stereocenters. The zero-order valence-corrected chi connectivity index (χ0v) is 18.1. The standard InChI is InChI=1S/C22H31N3O6/c1-24(2)12-20(27)23-14-3-4-18-16(9-14)17-10-15(30-19(13-26)22(17)31-18)11-21(28)25-5-7-29-8-6-25/h3-4,9,15,17,19,22,26H,5-8,10-13H2,1-2H3,(H,23,27)/t15-,17+,19-,22-/m1/s1. The van der Waals surface area contributed by atoms with Crippen LogP contribution in [0, 0.1) is 0 Å². The van der Waals surface area contributed by atoms with Gasteiger partial charge in [0, 0.05) is 30.3 Å². The van der Waals surface area contributed by atoms with E-state index in [4.69, 9.17) is 14.2 Å². The molecular weight excluding hydrogens is 402 g/mol. The summed E-state index contributed by atoms with van der Waals surface area (Å²) in [7, 11) is 3.69. The Hall–Kier alpha value is -2.20. The van der Waals surface area contributed by atoms with E-state index in [1.165, 1.54) is 0 Å². The van der Waals surface area contributed by atoms with Crippen molar-refractivity contribution in [3.63, 3.8) is 0 Å². The molecule has 31 heavy (non-hydrogen) atoms.